The zero-order valence-electron chi connectivity index (χ0n) is 9.74. The van der Waals surface area contributed by atoms with Crippen LogP contribution < -0.4 is 5.32 Å². The normalized spacial score (nSPS) is 26.8. The zero-order chi connectivity index (χ0) is 10.7. The van der Waals surface area contributed by atoms with E-state index >= 15 is 0 Å². The molecule has 2 atom stereocenters. The van der Waals surface area contributed by atoms with Gasteiger partial charge in [0.15, 0.2) is 0 Å². The number of hydrogen-bond acceptors (Lipinski definition) is 2. The van der Waals surface area contributed by atoms with Gasteiger partial charge in [0.05, 0.1) is 6.54 Å². The van der Waals surface area contributed by atoms with E-state index in [1.165, 1.54) is 25.7 Å². The second kappa shape index (κ2) is 4.79. The highest BCUT2D eigenvalue weighted by molar-refractivity contribution is 4.91. The van der Waals surface area contributed by atoms with Crippen molar-refractivity contribution < 1.29 is 0 Å². The smallest absolute Gasteiger partial charge is 0.122 e. The maximum atomic E-state index is 4.32. The molecule has 84 valence electrons. The molecule has 0 bridgehead atoms. The van der Waals surface area contributed by atoms with Crippen LogP contribution in [0, 0.1) is 5.92 Å². The molecule has 0 amide bonds. The Kier molecular flexibility index (Phi) is 3.41. The summed E-state index contributed by atoms with van der Waals surface area (Å²) >= 11 is 0. The van der Waals surface area contributed by atoms with Crippen LogP contribution in [0.5, 0.6) is 0 Å². The van der Waals surface area contributed by atoms with Crippen LogP contribution in [-0.4, -0.2) is 15.6 Å². The van der Waals surface area contributed by atoms with Crippen LogP contribution >= 0.6 is 0 Å². The molecule has 1 N–H and O–H groups in total. The molecule has 15 heavy (non-hydrogen) atoms. The first-order valence-corrected chi connectivity index (χ1v) is 5.95. The van der Waals surface area contributed by atoms with Gasteiger partial charge in [-0.05, 0) is 18.8 Å². The molecule has 3 heteroatoms. The molecule has 0 spiro atoms. The summed E-state index contributed by atoms with van der Waals surface area (Å²) in [5.74, 6) is 2.02. The third-order valence-electron chi connectivity index (χ3n) is 3.41. The summed E-state index contributed by atoms with van der Waals surface area (Å²) in [6.45, 7) is 3.26. The van der Waals surface area contributed by atoms with Gasteiger partial charge in [0.2, 0.25) is 0 Å². The Morgan fingerprint density at radius 1 is 1.53 bits per heavy atom. The predicted octanol–water partition coefficient (Wildman–Crippen LogP) is 2.09. The summed E-state index contributed by atoms with van der Waals surface area (Å²) in [7, 11) is 2.05. The lowest BCUT2D eigenvalue weighted by molar-refractivity contribution is 0.298. The zero-order valence-corrected chi connectivity index (χ0v) is 9.74. The van der Waals surface area contributed by atoms with Gasteiger partial charge in [-0.2, -0.15) is 0 Å². The molecular formula is C12H21N3. The Morgan fingerprint density at radius 2 is 2.40 bits per heavy atom. The van der Waals surface area contributed by atoms with Gasteiger partial charge in [-0.15, -0.1) is 0 Å². The molecule has 0 aliphatic heterocycles. The average Bonchev–Trinajstić information content (AvgIpc) is 2.61. The first kappa shape index (κ1) is 10.7. The third-order valence-corrected chi connectivity index (χ3v) is 3.41. The van der Waals surface area contributed by atoms with Crippen molar-refractivity contribution in [2.45, 2.75) is 45.2 Å². The van der Waals surface area contributed by atoms with Crippen LogP contribution in [0.15, 0.2) is 12.4 Å². The van der Waals surface area contributed by atoms with E-state index in [0.717, 1.165) is 18.3 Å². The van der Waals surface area contributed by atoms with Crippen LogP contribution in [-0.2, 0) is 13.6 Å². The summed E-state index contributed by atoms with van der Waals surface area (Å²) in [4.78, 5) is 4.32. The number of aryl methyl sites for hydroxylation is 1. The Labute approximate surface area is 91.9 Å². The van der Waals surface area contributed by atoms with Gasteiger partial charge in [-0.3, -0.25) is 0 Å². The number of hydrogen-bond donors (Lipinski definition) is 1. The quantitative estimate of drug-likeness (QED) is 0.822. The Hall–Kier alpha value is -0.830. The summed E-state index contributed by atoms with van der Waals surface area (Å²) < 4.78 is 2.08. The minimum Gasteiger partial charge on any atom is -0.337 e. The molecule has 0 aromatic carbocycles. The Balaban J connectivity index is 1.80. The van der Waals surface area contributed by atoms with Gasteiger partial charge in [-0.1, -0.05) is 19.8 Å². The van der Waals surface area contributed by atoms with Crippen molar-refractivity contribution in [2.24, 2.45) is 13.0 Å². The van der Waals surface area contributed by atoms with Crippen molar-refractivity contribution in [1.82, 2.24) is 14.9 Å². The summed E-state index contributed by atoms with van der Waals surface area (Å²) in [5.41, 5.74) is 0. The number of imidazole rings is 1. The summed E-state index contributed by atoms with van der Waals surface area (Å²) in [5, 5.41) is 3.61. The molecule has 1 saturated carbocycles. The molecule has 0 saturated heterocycles. The number of nitrogens with zero attached hydrogens (tertiary/aromatic N) is 2. The lowest BCUT2D eigenvalue weighted by Crippen LogP contribution is -2.33. The van der Waals surface area contributed by atoms with Crippen LogP contribution in [0.25, 0.3) is 0 Å². The molecule has 1 fully saturated rings. The molecular weight excluding hydrogens is 186 g/mol. The molecule has 1 aliphatic carbocycles. The largest absolute Gasteiger partial charge is 0.337 e. The highest BCUT2D eigenvalue weighted by Crippen LogP contribution is 2.23. The first-order valence-electron chi connectivity index (χ1n) is 5.95. The fourth-order valence-corrected chi connectivity index (χ4v) is 2.42. The van der Waals surface area contributed by atoms with E-state index in [9.17, 15) is 0 Å². The monoisotopic (exact) mass is 207 g/mol. The summed E-state index contributed by atoms with van der Waals surface area (Å²) in [6, 6.07) is 0.699. The van der Waals surface area contributed by atoms with Crippen molar-refractivity contribution in [2.75, 3.05) is 0 Å². The second-order valence-corrected chi connectivity index (χ2v) is 4.80. The van der Waals surface area contributed by atoms with Gasteiger partial charge < -0.3 is 9.88 Å². The first-order chi connectivity index (χ1) is 7.25. The van der Waals surface area contributed by atoms with E-state index in [2.05, 4.69) is 21.8 Å². The van der Waals surface area contributed by atoms with E-state index in [4.69, 9.17) is 0 Å². The minimum absolute atomic E-state index is 0.699. The van der Waals surface area contributed by atoms with Gasteiger partial charge >= 0.3 is 0 Å². The second-order valence-electron chi connectivity index (χ2n) is 4.80. The summed E-state index contributed by atoms with van der Waals surface area (Å²) in [6.07, 6.45) is 9.29. The Morgan fingerprint density at radius 3 is 3.07 bits per heavy atom. The fourth-order valence-electron chi connectivity index (χ4n) is 2.42. The highest BCUT2D eigenvalue weighted by Gasteiger charge is 2.18. The average molecular weight is 207 g/mol. The van der Waals surface area contributed by atoms with Crippen LogP contribution in [0.2, 0.25) is 0 Å². The minimum atomic E-state index is 0.699. The van der Waals surface area contributed by atoms with Crippen LogP contribution in [0.1, 0.15) is 38.4 Å². The molecule has 1 aromatic heterocycles. The SMILES string of the molecule is CC1CCCC(NCc2nccn2C)C1. The van der Waals surface area contributed by atoms with Crippen molar-refractivity contribution >= 4 is 0 Å². The molecule has 1 aliphatic rings. The van der Waals surface area contributed by atoms with E-state index in [-0.39, 0.29) is 0 Å². The van der Waals surface area contributed by atoms with Gasteiger partial charge in [-0.25, -0.2) is 4.98 Å². The number of aromatic nitrogens is 2. The standard InChI is InChI=1S/C12H21N3/c1-10-4-3-5-11(8-10)14-9-12-13-6-7-15(12)2/h6-7,10-11,14H,3-5,8-9H2,1-2H3. The Bertz CT molecular complexity index is 306. The number of nitrogens with one attached hydrogen (secondary N) is 1. The van der Waals surface area contributed by atoms with Crippen molar-refractivity contribution in [3.05, 3.63) is 18.2 Å². The van der Waals surface area contributed by atoms with E-state index < -0.39 is 0 Å². The lowest BCUT2D eigenvalue weighted by atomic mass is 9.87. The van der Waals surface area contributed by atoms with Gasteiger partial charge in [0.25, 0.3) is 0 Å². The van der Waals surface area contributed by atoms with Crippen molar-refractivity contribution in [1.29, 1.82) is 0 Å². The molecule has 1 heterocycles. The maximum Gasteiger partial charge on any atom is 0.122 e. The van der Waals surface area contributed by atoms with Crippen LogP contribution in [0.4, 0.5) is 0 Å². The number of rotatable bonds is 3. The molecule has 1 aromatic rings. The van der Waals surface area contributed by atoms with E-state index in [1.807, 2.05) is 19.4 Å². The topological polar surface area (TPSA) is 29.9 Å². The van der Waals surface area contributed by atoms with Gasteiger partial charge in [0.1, 0.15) is 5.82 Å². The lowest BCUT2D eigenvalue weighted by Gasteiger charge is -2.27. The molecule has 2 unspecified atom stereocenters. The third kappa shape index (κ3) is 2.81. The fraction of sp³-hybridized carbons (Fsp3) is 0.750. The highest BCUT2D eigenvalue weighted by atomic mass is 15.1. The molecule has 2 rings (SSSR count). The molecule has 0 radical (unpaired) electrons. The van der Waals surface area contributed by atoms with E-state index in [0.29, 0.717) is 6.04 Å². The predicted molar refractivity (Wildman–Crippen MR) is 61.5 cm³/mol. The van der Waals surface area contributed by atoms with E-state index in [1.54, 1.807) is 0 Å². The van der Waals surface area contributed by atoms with Crippen molar-refractivity contribution in [3.63, 3.8) is 0 Å². The maximum absolute atomic E-state index is 4.32. The molecule has 3 nitrogen and oxygen atoms in total. The van der Waals surface area contributed by atoms with Gasteiger partial charge in [0, 0.05) is 25.5 Å². The van der Waals surface area contributed by atoms with Crippen LogP contribution in [0.3, 0.4) is 0 Å². The van der Waals surface area contributed by atoms with Crippen molar-refractivity contribution in [3.8, 4) is 0 Å².